The lowest BCUT2D eigenvalue weighted by Gasteiger charge is -2.23. The van der Waals surface area contributed by atoms with Crippen molar-refractivity contribution in [2.45, 2.75) is 32.7 Å². The van der Waals surface area contributed by atoms with Crippen LogP contribution in [-0.2, 0) is 0 Å². The monoisotopic (exact) mass is 412 g/mol. The molecule has 0 saturated carbocycles. The largest absolute Gasteiger partial charge is 0.492 e. The number of likely N-dealkylation sites (N-methyl/N-ethyl adjacent to an activating group) is 1. The van der Waals surface area contributed by atoms with Gasteiger partial charge in [-0.2, -0.15) is 0 Å². The zero-order chi connectivity index (χ0) is 21.3. The van der Waals surface area contributed by atoms with E-state index < -0.39 is 0 Å². The highest BCUT2D eigenvalue weighted by Gasteiger charge is 2.20. The highest BCUT2D eigenvalue weighted by atomic mass is 16.5. The van der Waals surface area contributed by atoms with E-state index in [1.54, 1.807) is 6.20 Å². The third-order valence-electron chi connectivity index (χ3n) is 5.35. The van der Waals surface area contributed by atoms with Gasteiger partial charge >= 0.3 is 0 Å². The van der Waals surface area contributed by atoms with Gasteiger partial charge in [0, 0.05) is 24.7 Å². The van der Waals surface area contributed by atoms with Crippen LogP contribution >= 0.6 is 0 Å². The third kappa shape index (κ3) is 5.90. The Bertz CT molecular complexity index is 834. The van der Waals surface area contributed by atoms with E-state index in [0.29, 0.717) is 12.3 Å². The highest BCUT2D eigenvalue weighted by Crippen LogP contribution is 2.23. The van der Waals surface area contributed by atoms with Crippen molar-refractivity contribution in [3.05, 3.63) is 36.2 Å². The van der Waals surface area contributed by atoms with Crippen LogP contribution in [0.3, 0.4) is 0 Å². The molecule has 1 amide bonds. The predicted molar refractivity (Wildman–Crippen MR) is 119 cm³/mol. The molecule has 0 bridgehead atoms. The first-order valence-electron chi connectivity index (χ1n) is 10.7. The molecule has 0 aliphatic carbocycles. The topological polar surface area (TPSA) is 105 Å². The molecule has 4 N–H and O–H groups in total. The number of benzene rings is 1. The summed E-state index contributed by atoms with van der Waals surface area (Å²) in [6, 6.07) is 7.74. The first kappa shape index (κ1) is 22.0. The van der Waals surface area contributed by atoms with Crippen LogP contribution in [0.2, 0.25) is 0 Å². The Morgan fingerprint density at radius 3 is 2.93 bits per heavy atom. The molecule has 1 atom stereocenters. The van der Waals surface area contributed by atoms with Gasteiger partial charge in [0.25, 0.3) is 5.91 Å². The molecule has 162 valence electrons. The first-order valence-corrected chi connectivity index (χ1v) is 10.7. The second-order valence-electron chi connectivity index (χ2n) is 7.41. The van der Waals surface area contributed by atoms with Crippen molar-refractivity contribution >= 4 is 11.7 Å². The molecule has 3 rings (SSSR count). The zero-order valence-corrected chi connectivity index (χ0v) is 17.9. The second kappa shape index (κ2) is 10.9. The Kier molecular flexibility index (Phi) is 7.98. The highest BCUT2D eigenvalue weighted by molar-refractivity contribution is 5.97. The minimum Gasteiger partial charge on any atom is -0.492 e. The Morgan fingerprint density at radius 2 is 2.20 bits per heavy atom. The molecule has 1 aromatic carbocycles. The van der Waals surface area contributed by atoms with E-state index in [9.17, 15) is 4.79 Å². The van der Waals surface area contributed by atoms with E-state index in [4.69, 9.17) is 10.5 Å². The van der Waals surface area contributed by atoms with Gasteiger partial charge in [-0.25, -0.2) is 9.97 Å². The average molecular weight is 413 g/mol. The number of nitrogens with zero attached hydrogens (tertiary/aromatic N) is 3. The summed E-state index contributed by atoms with van der Waals surface area (Å²) in [7, 11) is 0. The van der Waals surface area contributed by atoms with Crippen LogP contribution in [0.5, 0.6) is 5.75 Å². The van der Waals surface area contributed by atoms with Crippen molar-refractivity contribution in [2.75, 3.05) is 45.1 Å². The van der Waals surface area contributed by atoms with Gasteiger partial charge in [-0.05, 0) is 44.6 Å². The van der Waals surface area contributed by atoms with E-state index in [-0.39, 0.29) is 23.5 Å². The lowest BCUT2D eigenvalue weighted by Crippen LogP contribution is -2.46. The molecular formula is C22H32N6O2. The van der Waals surface area contributed by atoms with E-state index in [1.807, 2.05) is 24.3 Å². The summed E-state index contributed by atoms with van der Waals surface area (Å²) in [6.07, 6.45) is 3.56. The van der Waals surface area contributed by atoms with Gasteiger partial charge in [-0.15, -0.1) is 0 Å². The molecule has 1 fully saturated rings. The number of anilines is 1. The van der Waals surface area contributed by atoms with Crippen molar-refractivity contribution in [2.24, 2.45) is 0 Å². The second-order valence-corrected chi connectivity index (χ2v) is 7.41. The van der Waals surface area contributed by atoms with Gasteiger partial charge in [-0.3, -0.25) is 4.79 Å². The number of rotatable bonds is 9. The van der Waals surface area contributed by atoms with Gasteiger partial charge in [-0.1, -0.05) is 26.0 Å². The SMILES string of the molecule is CCN(CC)CCOc1cccc(-c2cnc(N)c(C(=O)NC3CCCNC3)n2)c1. The number of nitrogen functional groups attached to an aromatic ring is 1. The fourth-order valence-electron chi connectivity index (χ4n) is 3.51. The van der Waals surface area contributed by atoms with Gasteiger partial charge < -0.3 is 26.0 Å². The van der Waals surface area contributed by atoms with Crippen LogP contribution in [0, 0.1) is 0 Å². The molecule has 0 spiro atoms. The Morgan fingerprint density at radius 1 is 1.37 bits per heavy atom. The summed E-state index contributed by atoms with van der Waals surface area (Å²) in [5.41, 5.74) is 7.52. The van der Waals surface area contributed by atoms with Gasteiger partial charge in [0.1, 0.15) is 12.4 Å². The maximum atomic E-state index is 12.7. The molecule has 0 radical (unpaired) electrons. The number of carbonyl (C=O) groups excluding carboxylic acids is 1. The van der Waals surface area contributed by atoms with Crippen LogP contribution in [0.25, 0.3) is 11.3 Å². The number of nitrogens with one attached hydrogen (secondary N) is 2. The summed E-state index contributed by atoms with van der Waals surface area (Å²) >= 11 is 0. The van der Waals surface area contributed by atoms with E-state index in [2.05, 4.69) is 39.3 Å². The number of aromatic nitrogens is 2. The molecule has 2 aromatic rings. The van der Waals surface area contributed by atoms with Gasteiger partial charge in [0.15, 0.2) is 11.5 Å². The van der Waals surface area contributed by atoms with Crippen molar-refractivity contribution in [3.8, 4) is 17.0 Å². The van der Waals surface area contributed by atoms with E-state index in [0.717, 1.165) is 56.9 Å². The van der Waals surface area contributed by atoms with Gasteiger partial charge in [0.05, 0.1) is 11.9 Å². The predicted octanol–water partition coefficient (Wildman–Crippen LogP) is 1.93. The zero-order valence-electron chi connectivity index (χ0n) is 17.9. The van der Waals surface area contributed by atoms with Crippen molar-refractivity contribution in [3.63, 3.8) is 0 Å². The fraction of sp³-hybridized carbons (Fsp3) is 0.500. The van der Waals surface area contributed by atoms with E-state index in [1.165, 1.54) is 0 Å². The number of carbonyl (C=O) groups is 1. The van der Waals surface area contributed by atoms with E-state index >= 15 is 0 Å². The van der Waals surface area contributed by atoms with Crippen LogP contribution in [-0.4, -0.2) is 66.1 Å². The van der Waals surface area contributed by atoms with Crippen molar-refractivity contribution in [1.82, 2.24) is 25.5 Å². The number of hydrogen-bond donors (Lipinski definition) is 3. The summed E-state index contributed by atoms with van der Waals surface area (Å²) in [6.45, 7) is 9.51. The van der Waals surface area contributed by atoms with Crippen LogP contribution < -0.4 is 21.1 Å². The molecule has 1 saturated heterocycles. The molecule has 1 unspecified atom stereocenters. The number of hydrogen-bond acceptors (Lipinski definition) is 7. The standard InChI is InChI=1S/C22H32N6O2/c1-3-28(4-2)11-12-30-18-9-5-7-16(13-18)19-15-25-21(23)20(27-19)22(29)26-17-8-6-10-24-14-17/h5,7,9,13,15,17,24H,3-4,6,8,10-12,14H2,1-2H3,(H2,23,25)(H,26,29). The van der Waals surface area contributed by atoms with Crippen LogP contribution in [0.15, 0.2) is 30.5 Å². The molecule has 8 heteroatoms. The van der Waals surface area contributed by atoms with Gasteiger partial charge in [0.2, 0.25) is 0 Å². The maximum absolute atomic E-state index is 12.7. The average Bonchev–Trinajstić information content (AvgIpc) is 2.78. The number of piperidine rings is 1. The normalized spacial score (nSPS) is 16.4. The minimum atomic E-state index is -0.290. The quantitative estimate of drug-likeness (QED) is 0.578. The minimum absolute atomic E-state index is 0.0821. The summed E-state index contributed by atoms with van der Waals surface area (Å²) in [5, 5.41) is 6.28. The number of nitrogens with two attached hydrogens (primary N) is 1. The molecule has 1 aliphatic heterocycles. The molecule has 8 nitrogen and oxygen atoms in total. The lowest BCUT2D eigenvalue weighted by molar-refractivity contribution is 0.0926. The third-order valence-corrected chi connectivity index (χ3v) is 5.35. The molecule has 1 aliphatic rings. The van der Waals surface area contributed by atoms with Crippen LogP contribution in [0.4, 0.5) is 5.82 Å². The molecule has 1 aromatic heterocycles. The summed E-state index contributed by atoms with van der Waals surface area (Å²) in [5.74, 6) is 0.603. The number of amides is 1. The fourth-order valence-corrected chi connectivity index (χ4v) is 3.51. The first-order chi connectivity index (χ1) is 14.6. The van der Waals surface area contributed by atoms with Crippen molar-refractivity contribution < 1.29 is 9.53 Å². The number of ether oxygens (including phenoxy) is 1. The smallest absolute Gasteiger partial charge is 0.274 e. The van der Waals surface area contributed by atoms with Crippen molar-refractivity contribution in [1.29, 1.82) is 0 Å². The van der Waals surface area contributed by atoms with Crippen LogP contribution in [0.1, 0.15) is 37.2 Å². The summed E-state index contributed by atoms with van der Waals surface area (Å²) < 4.78 is 5.90. The Labute approximate surface area is 178 Å². The molecule has 30 heavy (non-hydrogen) atoms. The summed E-state index contributed by atoms with van der Waals surface area (Å²) in [4.78, 5) is 23.7. The Balaban J connectivity index is 1.69. The molecular weight excluding hydrogens is 380 g/mol. The maximum Gasteiger partial charge on any atom is 0.274 e. The molecule has 2 heterocycles. The Hall–Kier alpha value is -2.71. The lowest BCUT2D eigenvalue weighted by atomic mass is 10.1.